The molecule has 2 bridgehead atoms. The quantitative estimate of drug-likeness (QED) is 0.298. The molecule has 3 amide bonds. The molecule has 0 spiro atoms. The molecule has 2 aliphatic heterocycles. The number of ether oxygens (including phenoxy) is 1. The predicted octanol–water partition coefficient (Wildman–Crippen LogP) is 2.54. The van der Waals surface area contributed by atoms with E-state index in [1.165, 1.54) is 17.1 Å². The van der Waals surface area contributed by atoms with E-state index in [1.54, 1.807) is 54.5 Å². The molecule has 288 valence electrons. The highest BCUT2D eigenvalue weighted by atomic mass is 19.1. The summed E-state index contributed by atoms with van der Waals surface area (Å²) in [6.45, 7) is 6.36. The van der Waals surface area contributed by atoms with Gasteiger partial charge in [0.15, 0.2) is 17.4 Å². The lowest BCUT2D eigenvalue weighted by Crippen LogP contribution is -2.44. The molecular weight excluding hydrogens is 701 g/mol. The number of hydrogen-bond acceptors (Lipinski definition) is 12. The largest absolute Gasteiger partial charge is 0.460 e. The van der Waals surface area contributed by atoms with Gasteiger partial charge in [0.25, 0.3) is 5.91 Å². The topological polar surface area (TPSA) is 208 Å². The van der Waals surface area contributed by atoms with Crippen molar-refractivity contribution in [1.29, 1.82) is 0 Å². The summed E-state index contributed by atoms with van der Waals surface area (Å²) in [5.41, 5.74) is 1.07. The number of amides is 3. The van der Waals surface area contributed by atoms with E-state index in [9.17, 15) is 28.7 Å². The van der Waals surface area contributed by atoms with Gasteiger partial charge in [0.2, 0.25) is 11.8 Å². The van der Waals surface area contributed by atoms with Crippen LogP contribution in [0.1, 0.15) is 62.8 Å². The summed E-state index contributed by atoms with van der Waals surface area (Å²) in [6.07, 6.45) is 10.6. The van der Waals surface area contributed by atoms with Crippen LogP contribution in [0.2, 0.25) is 0 Å². The first-order valence-electron chi connectivity index (χ1n) is 18.0. The van der Waals surface area contributed by atoms with Crippen LogP contribution in [0.4, 0.5) is 4.39 Å². The maximum absolute atomic E-state index is 14.8. The molecule has 5 unspecified atom stereocenters. The fourth-order valence-electron chi connectivity index (χ4n) is 6.30. The van der Waals surface area contributed by atoms with Crippen molar-refractivity contribution in [2.75, 3.05) is 19.6 Å². The fourth-order valence-corrected chi connectivity index (χ4v) is 6.30. The molecule has 16 nitrogen and oxygen atoms in total. The van der Waals surface area contributed by atoms with Crippen LogP contribution in [0.3, 0.4) is 0 Å². The minimum Gasteiger partial charge on any atom is -0.460 e. The number of hydrogen-bond donors (Lipinski definition) is 3. The first-order valence-corrected chi connectivity index (χ1v) is 18.0. The lowest BCUT2D eigenvalue weighted by atomic mass is 9.89. The molecule has 5 rings (SSSR count). The Labute approximate surface area is 312 Å². The number of allylic oxidation sites excluding steroid dienone is 2. The van der Waals surface area contributed by atoms with E-state index >= 15 is 0 Å². The van der Waals surface area contributed by atoms with E-state index < -0.39 is 48.1 Å². The Balaban J connectivity index is 1.32. The Hall–Kier alpha value is -5.58. The van der Waals surface area contributed by atoms with Gasteiger partial charge >= 0.3 is 5.97 Å². The number of nitrogens with one attached hydrogen (secondary N) is 2. The van der Waals surface area contributed by atoms with E-state index in [2.05, 4.69) is 35.9 Å². The van der Waals surface area contributed by atoms with Crippen molar-refractivity contribution < 1.29 is 37.8 Å². The number of cyclic esters (lactones) is 1. The van der Waals surface area contributed by atoms with Gasteiger partial charge in [-0.1, -0.05) is 48.9 Å². The van der Waals surface area contributed by atoms with Crippen molar-refractivity contribution in [2.45, 2.75) is 83.8 Å². The normalized spacial score (nSPS) is 24.0. The summed E-state index contributed by atoms with van der Waals surface area (Å²) in [7, 11) is 0. The maximum Gasteiger partial charge on any atom is 0.329 e. The highest BCUT2D eigenvalue weighted by Crippen LogP contribution is 2.27. The van der Waals surface area contributed by atoms with E-state index in [4.69, 9.17) is 9.15 Å². The summed E-state index contributed by atoms with van der Waals surface area (Å²) in [4.78, 5) is 67.3. The van der Waals surface area contributed by atoms with E-state index in [0.29, 0.717) is 36.5 Å². The van der Waals surface area contributed by atoms with Gasteiger partial charge in [-0.25, -0.2) is 24.1 Å². The molecule has 2 aliphatic rings. The van der Waals surface area contributed by atoms with E-state index in [-0.39, 0.29) is 62.3 Å². The SMILES string of the molecule is CC1=CC(O)CC(F)Cc2nc(co2)C(=O)N2CCCC2C(=O)OC(C(C)C)C(CC(=O)NCCn2cc(-c3ncccn3)nn2)/C=C/C(=O)NCC=C1. The second-order valence-corrected chi connectivity index (χ2v) is 13.6. The number of esters is 1. The van der Waals surface area contributed by atoms with Gasteiger partial charge in [-0.15, -0.1) is 5.10 Å². The van der Waals surface area contributed by atoms with Crippen LogP contribution >= 0.6 is 0 Å². The highest BCUT2D eigenvalue weighted by Gasteiger charge is 2.39. The van der Waals surface area contributed by atoms with Gasteiger partial charge in [-0.05, 0) is 37.8 Å². The first-order chi connectivity index (χ1) is 26.0. The zero-order valence-electron chi connectivity index (χ0n) is 30.5. The van der Waals surface area contributed by atoms with Crippen LogP contribution < -0.4 is 10.6 Å². The van der Waals surface area contributed by atoms with Gasteiger partial charge in [0, 0.05) is 50.8 Å². The van der Waals surface area contributed by atoms with Crippen LogP contribution in [-0.2, 0) is 32.1 Å². The number of nitrogens with zero attached hydrogens (tertiary/aromatic N) is 7. The molecule has 54 heavy (non-hydrogen) atoms. The number of rotatable bonds is 7. The zero-order chi connectivity index (χ0) is 38.6. The van der Waals surface area contributed by atoms with Crippen LogP contribution in [0.5, 0.6) is 0 Å². The van der Waals surface area contributed by atoms with Gasteiger partial charge in [-0.2, -0.15) is 0 Å². The highest BCUT2D eigenvalue weighted by molar-refractivity contribution is 5.95. The van der Waals surface area contributed by atoms with Crippen molar-refractivity contribution in [3.63, 3.8) is 0 Å². The fraction of sp³-hybridized carbons (Fsp3) is 0.486. The Kier molecular flexibility index (Phi) is 13.9. The second-order valence-electron chi connectivity index (χ2n) is 13.6. The zero-order valence-corrected chi connectivity index (χ0v) is 30.5. The summed E-state index contributed by atoms with van der Waals surface area (Å²) in [5.74, 6) is -2.59. The number of fused-ring (bicyclic) bond motifs is 3. The number of aliphatic hydroxyl groups is 1. The Bertz CT molecular complexity index is 1840. The lowest BCUT2D eigenvalue weighted by Gasteiger charge is -2.30. The Morgan fingerprint density at radius 2 is 1.96 bits per heavy atom. The molecule has 1 saturated heterocycles. The lowest BCUT2D eigenvalue weighted by molar-refractivity contribution is -0.159. The van der Waals surface area contributed by atoms with Crippen LogP contribution in [-0.4, -0.2) is 108 Å². The average molecular weight is 748 g/mol. The van der Waals surface area contributed by atoms with Gasteiger partial charge in [0.1, 0.15) is 30.3 Å². The molecule has 0 aromatic carbocycles. The third-order valence-corrected chi connectivity index (χ3v) is 8.92. The van der Waals surface area contributed by atoms with Crippen molar-refractivity contribution in [1.82, 2.24) is 45.5 Å². The number of aliphatic hydroxyl groups excluding tert-OH is 1. The number of alkyl halides is 1. The summed E-state index contributed by atoms with van der Waals surface area (Å²) in [5, 5.41) is 24.2. The molecule has 0 saturated carbocycles. The van der Waals surface area contributed by atoms with Crippen molar-refractivity contribution in [2.24, 2.45) is 11.8 Å². The number of carbonyl (C=O) groups excluding carboxylic acids is 4. The summed E-state index contributed by atoms with van der Waals surface area (Å²) >= 11 is 0. The van der Waals surface area contributed by atoms with Gasteiger partial charge < -0.3 is 29.8 Å². The summed E-state index contributed by atoms with van der Waals surface area (Å²) in [6, 6.07) is 0.767. The van der Waals surface area contributed by atoms with Crippen LogP contribution in [0.25, 0.3) is 11.5 Å². The molecule has 5 atom stereocenters. The number of carbonyl (C=O) groups is 4. The maximum atomic E-state index is 14.8. The first kappa shape index (κ1) is 39.6. The molecule has 0 radical (unpaired) electrons. The van der Waals surface area contributed by atoms with E-state index in [0.717, 1.165) is 6.26 Å². The molecule has 3 N–H and O–H groups in total. The molecule has 17 heteroatoms. The van der Waals surface area contributed by atoms with Crippen molar-refractivity contribution in [3.8, 4) is 11.5 Å². The second kappa shape index (κ2) is 19.0. The monoisotopic (exact) mass is 747 g/mol. The molecular formula is C37H46FN9O7. The molecule has 1 fully saturated rings. The molecule has 3 aromatic heterocycles. The third-order valence-electron chi connectivity index (χ3n) is 8.92. The van der Waals surface area contributed by atoms with Gasteiger partial charge in [-0.3, -0.25) is 19.1 Å². The minimum absolute atomic E-state index is 0.00768. The molecule has 3 aromatic rings. The molecule has 5 heterocycles. The standard InChI is InChI=1S/C37H46FN9O7/c1-23(2)34-25(18-32(50)40-14-16-46-21-28(44-45-46)35-41-12-6-13-42-35)9-10-31(49)39-11-4-7-24(3)17-27(48)19-26(38)20-33-43-29(22-53-33)36(51)47-15-5-8-30(47)37(52)54-34/h4,6-7,9-10,12-13,17,21-23,25-27,30,34,48H,5,8,11,14-16,18-20H2,1-3H3,(H,39,49)(H,40,50)/b7-4?,10-9+,24-17?. The summed E-state index contributed by atoms with van der Waals surface area (Å²) < 4.78 is 27.9. The number of oxazole rings is 1. The Morgan fingerprint density at radius 1 is 1.17 bits per heavy atom. The number of halogens is 1. The van der Waals surface area contributed by atoms with Crippen LogP contribution in [0.15, 0.2) is 71.3 Å². The number of aromatic nitrogens is 6. The van der Waals surface area contributed by atoms with Crippen molar-refractivity contribution in [3.05, 3.63) is 78.5 Å². The molecule has 0 aliphatic carbocycles. The smallest absolute Gasteiger partial charge is 0.329 e. The van der Waals surface area contributed by atoms with Gasteiger partial charge in [0.05, 0.1) is 25.3 Å². The third kappa shape index (κ3) is 11.2. The van der Waals surface area contributed by atoms with Crippen molar-refractivity contribution >= 4 is 23.7 Å². The van der Waals surface area contributed by atoms with E-state index in [1.807, 2.05) is 13.8 Å². The van der Waals surface area contributed by atoms with Crippen LogP contribution in [0, 0.1) is 11.8 Å². The Morgan fingerprint density at radius 3 is 2.74 bits per heavy atom. The average Bonchev–Trinajstić information content (AvgIpc) is 3.92. The minimum atomic E-state index is -1.50. The predicted molar refractivity (Wildman–Crippen MR) is 192 cm³/mol.